The summed E-state index contributed by atoms with van der Waals surface area (Å²) in [6, 6.07) is 2.94. The van der Waals surface area contributed by atoms with Crippen molar-refractivity contribution in [2.45, 2.75) is 31.9 Å². The molecular formula is C14H17FN2O4. The molecule has 0 bridgehead atoms. The topological polar surface area (TPSA) is 87.7 Å². The standard InChI is InChI=1S/C14H17FN2O4/c1-2-21-9-6-8(7-9)16-14(20)17-12-10(13(18)19)4-3-5-11(12)15/h3-5,8-9H,2,6-7H2,1H3,(H,18,19)(H2,16,17,20). The van der Waals surface area contributed by atoms with E-state index in [0.29, 0.717) is 19.4 Å². The lowest BCUT2D eigenvalue weighted by Crippen LogP contribution is -2.49. The number of halogens is 1. The second-order valence-corrected chi connectivity index (χ2v) is 4.81. The van der Waals surface area contributed by atoms with Crippen molar-refractivity contribution in [3.8, 4) is 0 Å². The van der Waals surface area contributed by atoms with E-state index in [2.05, 4.69) is 10.6 Å². The fourth-order valence-corrected chi connectivity index (χ4v) is 2.22. The predicted molar refractivity (Wildman–Crippen MR) is 73.9 cm³/mol. The van der Waals surface area contributed by atoms with Crippen LogP contribution in [0.1, 0.15) is 30.1 Å². The Morgan fingerprint density at radius 2 is 2.14 bits per heavy atom. The summed E-state index contributed by atoms with van der Waals surface area (Å²) >= 11 is 0. The summed E-state index contributed by atoms with van der Waals surface area (Å²) in [6.45, 7) is 2.53. The van der Waals surface area contributed by atoms with Gasteiger partial charge >= 0.3 is 12.0 Å². The summed E-state index contributed by atoms with van der Waals surface area (Å²) in [7, 11) is 0. The van der Waals surface area contributed by atoms with Gasteiger partial charge in [-0.15, -0.1) is 0 Å². The highest BCUT2D eigenvalue weighted by atomic mass is 19.1. The van der Waals surface area contributed by atoms with Crippen LogP contribution in [0.25, 0.3) is 0 Å². The molecule has 114 valence electrons. The fourth-order valence-electron chi connectivity index (χ4n) is 2.22. The van der Waals surface area contributed by atoms with E-state index in [0.717, 1.165) is 6.07 Å². The maximum Gasteiger partial charge on any atom is 0.337 e. The number of carbonyl (C=O) groups is 2. The Hall–Kier alpha value is -2.15. The molecular weight excluding hydrogens is 279 g/mol. The summed E-state index contributed by atoms with van der Waals surface area (Å²) in [5.74, 6) is -2.09. The molecule has 0 radical (unpaired) electrons. The minimum Gasteiger partial charge on any atom is -0.478 e. The number of anilines is 1. The van der Waals surface area contributed by atoms with E-state index in [1.165, 1.54) is 12.1 Å². The Balaban J connectivity index is 1.93. The van der Waals surface area contributed by atoms with Gasteiger partial charge in [-0.3, -0.25) is 0 Å². The average molecular weight is 296 g/mol. The van der Waals surface area contributed by atoms with Gasteiger partial charge in [-0.05, 0) is 31.9 Å². The Labute approximate surface area is 121 Å². The van der Waals surface area contributed by atoms with Crippen LogP contribution in [0, 0.1) is 5.82 Å². The second kappa shape index (κ2) is 6.53. The highest BCUT2D eigenvalue weighted by Gasteiger charge is 2.31. The van der Waals surface area contributed by atoms with Crippen molar-refractivity contribution >= 4 is 17.7 Å². The van der Waals surface area contributed by atoms with E-state index >= 15 is 0 Å². The van der Waals surface area contributed by atoms with Crippen LogP contribution in [0.2, 0.25) is 0 Å². The lowest BCUT2D eigenvalue weighted by Gasteiger charge is -2.35. The largest absolute Gasteiger partial charge is 0.478 e. The number of ether oxygens (including phenoxy) is 1. The smallest absolute Gasteiger partial charge is 0.337 e. The number of hydrogen-bond donors (Lipinski definition) is 3. The number of benzene rings is 1. The van der Waals surface area contributed by atoms with Gasteiger partial charge in [0, 0.05) is 12.6 Å². The van der Waals surface area contributed by atoms with Crippen molar-refractivity contribution in [1.82, 2.24) is 5.32 Å². The van der Waals surface area contributed by atoms with Crippen LogP contribution in [0.5, 0.6) is 0 Å². The first-order valence-corrected chi connectivity index (χ1v) is 6.72. The zero-order valence-electron chi connectivity index (χ0n) is 11.6. The summed E-state index contributed by atoms with van der Waals surface area (Å²) in [5.41, 5.74) is -0.617. The number of carboxylic acid groups (broad SMARTS) is 1. The molecule has 0 spiro atoms. The quantitative estimate of drug-likeness (QED) is 0.777. The molecule has 1 aliphatic rings. The Bertz CT molecular complexity index is 544. The average Bonchev–Trinajstić information content (AvgIpc) is 2.38. The van der Waals surface area contributed by atoms with Crippen LogP contribution in [0.4, 0.5) is 14.9 Å². The number of para-hydroxylation sites is 1. The Morgan fingerprint density at radius 3 is 2.76 bits per heavy atom. The first-order valence-electron chi connectivity index (χ1n) is 6.72. The number of aromatic carboxylic acids is 1. The summed E-state index contributed by atoms with van der Waals surface area (Å²) in [4.78, 5) is 22.8. The zero-order chi connectivity index (χ0) is 15.4. The molecule has 0 saturated heterocycles. The van der Waals surface area contributed by atoms with Crippen LogP contribution in [0.15, 0.2) is 18.2 Å². The zero-order valence-corrected chi connectivity index (χ0v) is 11.6. The van der Waals surface area contributed by atoms with E-state index in [9.17, 15) is 14.0 Å². The summed E-state index contributed by atoms with van der Waals surface area (Å²) < 4.78 is 19.0. The van der Waals surface area contributed by atoms with E-state index in [-0.39, 0.29) is 23.4 Å². The minimum absolute atomic E-state index is 0.0402. The number of carbonyl (C=O) groups excluding carboxylic acids is 1. The molecule has 1 aromatic carbocycles. The molecule has 3 N–H and O–H groups in total. The van der Waals surface area contributed by atoms with E-state index in [1.807, 2.05) is 6.92 Å². The van der Waals surface area contributed by atoms with Gasteiger partial charge in [0.1, 0.15) is 5.82 Å². The third-order valence-electron chi connectivity index (χ3n) is 3.31. The van der Waals surface area contributed by atoms with Crippen LogP contribution in [0.3, 0.4) is 0 Å². The number of hydrogen-bond acceptors (Lipinski definition) is 3. The van der Waals surface area contributed by atoms with Crippen molar-refractivity contribution in [2.24, 2.45) is 0 Å². The van der Waals surface area contributed by atoms with Gasteiger partial charge in [0.25, 0.3) is 0 Å². The Morgan fingerprint density at radius 1 is 1.43 bits per heavy atom. The molecule has 1 fully saturated rings. The summed E-state index contributed by atoms with van der Waals surface area (Å²) in [6.07, 6.45) is 1.54. The lowest BCUT2D eigenvalue weighted by molar-refractivity contribution is -0.00673. The normalized spacial score (nSPS) is 20.5. The molecule has 2 amide bonds. The monoisotopic (exact) mass is 296 g/mol. The van der Waals surface area contributed by atoms with Crippen molar-refractivity contribution < 1.29 is 23.8 Å². The van der Waals surface area contributed by atoms with Gasteiger partial charge in [-0.25, -0.2) is 14.0 Å². The van der Waals surface area contributed by atoms with Crippen LogP contribution < -0.4 is 10.6 Å². The van der Waals surface area contributed by atoms with Gasteiger partial charge in [-0.2, -0.15) is 0 Å². The van der Waals surface area contributed by atoms with Crippen molar-refractivity contribution in [1.29, 1.82) is 0 Å². The molecule has 0 atom stereocenters. The maximum absolute atomic E-state index is 13.6. The van der Waals surface area contributed by atoms with E-state index in [4.69, 9.17) is 9.84 Å². The van der Waals surface area contributed by atoms with Crippen molar-refractivity contribution in [2.75, 3.05) is 11.9 Å². The van der Waals surface area contributed by atoms with Gasteiger partial charge in [-0.1, -0.05) is 6.07 Å². The molecule has 1 aliphatic carbocycles. The molecule has 2 rings (SSSR count). The first-order chi connectivity index (χ1) is 10.0. The highest BCUT2D eigenvalue weighted by molar-refractivity contribution is 6.00. The third kappa shape index (κ3) is 3.69. The molecule has 0 aliphatic heterocycles. The molecule has 7 heteroatoms. The van der Waals surface area contributed by atoms with Crippen LogP contribution in [-0.2, 0) is 4.74 Å². The minimum atomic E-state index is -1.30. The van der Waals surface area contributed by atoms with E-state index in [1.54, 1.807) is 0 Å². The number of rotatable bonds is 5. The number of carboxylic acids is 1. The molecule has 0 aromatic heterocycles. The van der Waals surface area contributed by atoms with E-state index < -0.39 is 17.8 Å². The van der Waals surface area contributed by atoms with Crippen molar-refractivity contribution in [3.63, 3.8) is 0 Å². The van der Waals surface area contributed by atoms with Gasteiger partial charge in [0.05, 0.1) is 17.4 Å². The molecule has 6 nitrogen and oxygen atoms in total. The number of amides is 2. The highest BCUT2D eigenvalue weighted by Crippen LogP contribution is 2.24. The maximum atomic E-state index is 13.6. The third-order valence-corrected chi connectivity index (χ3v) is 3.31. The Kier molecular flexibility index (Phi) is 4.74. The first kappa shape index (κ1) is 15.2. The van der Waals surface area contributed by atoms with Crippen LogP contribution >= 0.6 is 0 Å². The number of urea groups is 1. The molecule has 0 heterocycles. The lowest BCUT2D eigenvalue weighted by atomic mass is 9.89. The molecule has 0 unspecified atom stereocenters. The van der Waals surface area contributed by atoms with Gasteiger partial charge < -0.3 is 20.5 Å². The van der Waals surface area contributed by atoms with Gasteiger partial charge in [0.2, 0.25) is 0 Å². The molecule has 21 heavy (non-hydrogen) atoms. The molecule has 1 saturated carbocycles. The summed E-state index contributed by atoms with van der Waals surface area (Å²) in [5, 5.41) is 13.9. The fraction of sp³-hybridized carbons (Fsp3) is 0.429. The SMILES string of the molecule is CCOC1CC(NC(=O)Nc2c(F)cccc2C(=O)O)C1. The number of nitrogens with one attached hydrogen (secondary N) is 2. The second-order valence-electron chi connectivity index (χ2n) is 4.81. The van der Waals surface area contributed by atoms with Gasteiger partial charge in [0.15, 0.2) is 0 Å². The molecule has 1 aromatic rings. The van der Waals surface area contributed by atoms with Crippen LogP contribution in [-0.4, -0.2) is 35.9 Å². The van der Waals surface area contributed by atoms with Crippen molar-refractivity contribution in [3.05, 3.63) is 29.6 Å². The predicted octanol–water partition coefficient (Wildman–Crippen LogP) is 2.21.